The highest BCUT2D eigenvalue weighted by Gasteiger charge is 2.12. The molecule has 19 heavy (non-hydrogen) atoms. The normalized spacial score (nSPS) is 12.8. The maximum Gasteiger partial charge on any atom is 0.0946 e. The molecule has 3 rings (SSSR count). The largest absolute Gasteiger partial charge is 0.336 e. The number of nitrogens with two attached hydrogens (primary N) is 1. The average Bonchev–Trinajstić information content (AvgIpc) is 2.83. The van der Waals surface area contributed by atoms with Crippen LogP contribution < -0.4 is 5.73 Å². The fourth-order valence-electron chi connectivity index (χ4n) is 2.28. The van der Waals surface area contributed by atoms with Gasteiger partial charge in [0.2, 0.25) is 0 Å². The van der Waals surface area contributed by atoms with Crippen molar-refractivity contribution in [2.75, 3.05) is 0 Å². The molecule has 4 heteroatoms. The number of hydrogen-bond donors (Lipinski definition) is 1. The second-order valence-corrected chi connectivity index (χ2v) is 4.81. The van der Waals surface area contributed by atoms with Crippen molar-refractivity contribution in [3.8, 4) is 0 Å². The third kappa shape index (κ3) is 2.11. The van der Waals surface area contributed by atoms with Gasteiger partial charge in [-0.1, -0.05) is 12.1 Å². The molecule has 96 valence electrons. The van der Waals surface area contributed by atoms with Crippen LogP contribution in [0.4, 0.5) is 0 Å². The summed E-state index contributed by atoms with van der Waals surface area (Å²) in [5.41, 5.74) is 10.4. The lowest BCUT2D eigenvalue weighted by atomic mass is 10.0. The third-order valence-electron chi connectivity index (χ3n) is 3.38. The zero-order valence-corrected chi connectivity index (χ0v) is 11.0. The van der Waals surface area contributed by atoms with E-state index in [-0.39, 0.29) is 6.04 Å². The standard InChI is InChI=1S/C15H16N4/c1-10-3-4-11-7-12(5-6-13(11)18-10)15(16)14-8-17-9-19(14)2/h3-9,15H,16H2,1-2H3. The van der Waals surface area contributed by atoms with Crippen LogP contribution in [0.1, 0.15) is 23.0 Å². The van der Waals surface area contributed by atoms with E-state index >= 15 is 0 Å². The van der Waals surface area contributed by atoms with E-state index in [0.29, 0.717) is 0 Å². The zero-order valence-electron chi connectivity index (χ0n) is 11.0. The first kappa shape index (κ1) is 11.9. The molecule has 0 fully saturated rings. The van der Waals surface area contributed by atoms with Crippen LogP contribution in [-0.4, -0.2) is 14.5 Å². The Labute approximate surface area is 111 Å². The number of rotatable bonds is 2. The van der Waals surface area contributed by atoms with Crippen molar-refractivity contribution in [2.24, 2.45) is 12.8 Å². The second-order valence-electron chi connectivity index (χ2n) is 4.81. The van der Waals surface area contributed by atoms with E-state index in [1.807, 2.05) is 42.9 Å². The van der Waals surface area contributed by atoms with E-state index in [2.05, 4.69) is 22.1 Å². The van der Waals surface area contributed by atoms with Gasteiger partial charge >= 0.3 is 0 Å². The minimum atomic E-state index is -0.168. The number of fused-ring (bicyclic) bond motifs is 1. The van der Waals surface area contributed by atoms with Crippen molar-refractivity contribution in [3.63, 3.8) is 0 Å². The first-order valence-electron chi connectivity index (χ1n) is 6.24. The van der Waals surface area contributed by atoms with Crippen molar-refractivity contribution in [3.05, 3.63) is 59.8 Å². The van der Waals surface area contributed by atoms with E-state index < -0.39 is 0 Å². The van der Waals surface area contributed by atoms with Crippen LogP contribution in [0, 0.1) is 6.92 Å². The fourth-order valence-corrected chi connectivity index (χ4v) is 2.28. The summed E-state index contributed by atoms with van der Waals surface area (Å²) >= 11 is 0. The Bertz CT molecular complexity index is 730. The summed E-state index contributed by atoms with van der Waals surface area (Å²) < 4.78 is 1.95. The molecular weight excluding hydrogens is 236 g/mol. The summed E-state index contributed by atoms with van der Waals surface area (Å²) in [6.07, 6.45) is 3.57. The van der Waals surface area contributed by atoms with Gasteiger partial charge in [0.15, 0.2) is 0 Å². The van der Waals surface area contributed by atoms with Crippen LogP contribution in [0.15, 0.2) is 42.9 Å². The molecule has 0 amide bonds. The van der Waals surface area contributed by atoms with Gasteiger partial charge in [0.1, 0.15) is 0 Å². The van der Waals surface area contributed by atoms with E-state index in [4.69, 9.17) is 5.73 Å². The smallest absolute Gasteiger partial charge is 0.0946 e. The SMILES string of the molecule is Cc1ccc2cc(C(N)c3cncn3C)ccc2n1. The van der Waals surface area contributed by atoms with Gasteiger partial charge in [0, 0.05) is 18.1 Å². The van der Waals surface area contributed by atoms with Gasteiger partial charge in [0.05, 0.1) is 29.8 Å². The van der Waals surface area contributed by atoms with Gasteiger partial charge in [-0.25, -0.2) is 4.98 Å². The molecule has 2 heterocycles. The maximum absolute atomic E-state index is 6.30. The molecule has 0 aliphatic heterocycles. The number of aryl methyl sites for hydroxylation is 2. The number of pyridine rings is 1. The Morgan fingerprint density at radius 3 is 2.79 bits per heavy atom. The molecule has 0 aliphatic rings. The number of hydrogen-bond acceptors (Lipinski definition) is 3. The molecule has 0 radical (unpaired) electrons. The summed E-state index contributed by atoms with van der Waals surface area (Å²) in [5.74, 6) is 0. The van der Waals surface area contributed by atoms with Gasteiger partial charge in [0.25, 0.3) is 0 Å². The molecule has 3 aromatic rings. The van der Waals surface area contributed by atoms with Gasteiger partial charge in [-0.3, -0.25) is 4.98 Å². The summed E-state index contributed by atoms with van der Waals surface area (Å²) in [6, 6.07) is 10.1. The molecule has 4 nitrogen and oxygen atoms in total. The second kappa shape index (κ2) is 4.48. The first-order chi connectivity index (χ1) is 9.15. The number of aromatic nitrogens is 3. The minimum absolute atomic E-state index is 0.168. The summed E-state index contributed by atoms with van der Waals surface area (Å²) in [6.45, 7) is 1.99. The van der Waals surface area contributed by atoms with Gasteiger partial charge in [-0.15, -0.1) is 0 Å². The van der Waals surface area contributed by atoms with Crippen molar-refractivity contribution in [1.29, 1.82) is 0 Å². The molecule has 0 bridgehead atoms. The summed E-state index contributed by atoms with van der Waals surface area (Å²) in [7, 11) is 1.95. The molecule has 0 spiro atoms. The van der Waals surface area contributed by atoms with Gasteiger partial charge < -0.3 is 10.3 Å². The van der Waals surface area contributed by atoms with Crippen LogP contribution >= 0.6 is 0 Å². The Morgan fingerprint density at radius 1 is 1.21 bits per heavy atom. The van der Waals surface area contributed by atoms with E-state index in [1.54, 1.807) is 6.33 Å². The highest BCUT2D eigenvalue weighted by molar-refractivity contribution is 5.79. The quantitative estimate of drug-likeness (QED) is 0.761. The number of imidazole rings is 1. The minimum Gasteiger partial charge on any atom is -0.336 e. The number of benzene rings is 1. The average molecular weight is 252 g/mol. The van der Waals surface area contributed by atoms with Gasteiger partial charge in [-0.2, -0.15) is 0 Å². The first-order valence-corrected chi connectivity index (χ1v) is 6.24. The van der Waals surface area contributed by atoms with Crippen LogP contribution in [0.5, 0.6) is 0 Å². The topological polar surface area (TPSA) is 56.7 Å². The zero-order chi connectivity index (χ0) is 13.4. The van der Waals surface area contributed by atoms with E-state index in [1.165, 1.54) is 0 Å². The lowest BCUT2D eigenvalue weighted by molar-refractivity contribution is 0.747. The Morgan fingerprint density at radius 2 is 2.05 bits per heavy atom. The van der Waals surface area contributed by atoms with Crippen molar-refractivity contribution >= 4 is 10.9 Å². The van der Waals surface area contributed by atoms with Crippen molar-refractivity contribution in [1.82, 2.24) is 14.5 Å². The maximum atomic E-state index is 6.30. The van der Waals surface area contributed by atoms with Crippen molar-refractivity contribution < 1.29 is 0 Å². The van der Waals surface area contributed by atoms with Crippen LogP contribution in [0.3, 0.4) is 0 Å². The Balaban J connectivity index is 2.06. The van der Waals surface area contributed by atoms with Crippen LogP contribution in [-0.2, 0) is 7.05 Å². The summed E-state index contributed by atoms with van der Waals surface area (Å²) in [5, 5.41) is 1.11. The molecule has 2 aromatic heterocycles. The van der Waals surface area contributed by atoms with Crippen LogP contribution in [0.2, 0.25) is 0 Å². The lowest BCUT2D eigenvalue weighted by Gasteiger charge is -2.13. The molecule has 1 aromatic carbocycles. The molecule has 1 unspecified atom stereocenters. The van der Waals surface area contributed by atoms with Gasteiger partial charge in [-0.05, 0) is 30.7 Å². The molecule has 0 aliphatic carbocycles. The molecular formula is C15H16N4. The molecule has 1 atom stereocenters. The van der Waals surface area contributed by atoms with E-state index in [0.717, 1.165) is 27.9 Å². The van der Waals surface area contributed by atoms with Crippen LogP contribution in [0.25, 0.3) is 10.9 Å². The van der Waals surface area contributed by atoms with Crippen molar-refractivity contribution in [2.45, 2.75) is 13.0 Å². The summed E-state index contributed by atoms with van der Waals surface area (Å²) in [4.78, 5) is 8.61. The number of nitrogens with zero attached hydrogens (tertiary/aromatic N) is 3. The predicted molar refractivity (Wildman–Crippen MR) is 75.7 cm³/mol. The van der Waals surface area contributed by atoms with E-state index in [9.17, 15) is 0 Å². The fraction of sp³-hybridized carbons (Fsp3) is 0.200. The Hall–Kier alpha value is -2.20. The predicted octanol–water partition coefficient (Wildman–Crippen LogP) is 2.32. The molecule has 2 N–H and O–H groups in total. The molecule has 0 saturated heterocycles. The Kier molecular flexibility index (Phi) is 2.80. The third-order valence-corrected chi connectivity index (χ3v) is 3.38. The molecule has 0 saturated carbocycles. The highest BCUT2D eigenvalue weighted by Crippen LogP contribution is 2.22. The lowest BCUT2D eigenvalue weighted by Crippen LogP contribution is -2.15. The monoisotopic (exact) mass is 252 g/mol. The highest BCUT2D eigenvalue weighted by atomic mass is 15.0.